The first kappa shape index (κ1) is 19.7. The van der Waals surface area contributed by atoms with E-state index in [1.807, 2.05) is 12.1 Å². The lowest BCUT2D eigenvalue weighted by Crippen LogP contribution is -2.43. The third kappa shape index (κ3) is 3.56. The second-order valence-corrected chi connectivity index (χ2v) is 7.01. The van der Waals surface area contributed by atoms with E-state index < -0.39 is 42.0 Å². The van der Waals surface area contributed by atoms with Gasteiger partial charge >= 0.3 is 12.4 Å². The van der Waals surface area contributed by atoms with Crippen molar-refractivity contribution in [2.75, 3.05) is 11.9 Å². The molecule has 1 aliphatic carbocycles. The summed E-state index contributed by atoms with van der Waals surface area (Å²) in [6, 6.07) is 11.3. The van der Waals surface area contributed by atoms with Crippen molar-refractivity contribution in [1.29, 1.82) is 0 Å². The molecule has 1 aliphatic heterocycles. The third-order valence-electron chi connectivity index (χ3n) is 5.08. The van der Waals surface area contributed by atoms with Crippen LogP contribution < -0.4 is 15.4 Å². The molecule has 1 atom stereocenters. The van der Waals surface area contributed by atoms with Crippen LogP contribution in [0.2, 0.25) is 0 Å². The van der Waals surface area contributed by atoms with Crippen LogP contribution in [0.5, 0.6) is 5.75 Å². The Kier molecular flexibility index (Phi) is 4.64. The van der Waals surface area contributed by atoms with Crippen LogP contribution in [-0.2, 0) is 21.5 Å². The lowest BCUT2D eigenvalue weighted by molar-refractivity contribution is -0.274. The van der Waals surface area contributed by atoms with E-state index in [0.29, 0.717) is 18.4 Å². The minimum Gasteiger partial charge on any atom is -0.406 e. The Balaban J connectivity index is 1.46. The summed E-state index contributed by atoms with van der Waals surface area (Å²) in [5.74, 6) is -1.76. The highest BCUT2D eigenvalue weighted by Gasteiger charge is 2.55. The Labute approximate surface area is 168 Å². The summed E-state index contributed by atoms with van der Waals surface area (Å²) in [4.78, 5) is 38.6. The van der Waals surface area contributed by atoms with Crippen LogP contribution in [0.25, 0.3) is 0 Å². The first-order valence-corrected chi connectivity index (χ1v) is 9.06. The summed E-state index contributed by atoms with van der Waals surface area (Å²) in [6.07, 6.45) is -3.85. The normalized spacial score (nSPS) is 20.3. The standard InChI is InChI=1S/C20H16F3N3O4/c21-20(22,23)30-14-6-3-5-13(10-14)24-16(27)11-26-17(28)19(25-18(26)29)9-8-12-4-1-2-7-15(12)19/h1-7,10H,8-9,11H2,(H,24,27)(H,25,29)/t19-/m0/s1. The quantitative estimate of drug-likeness (QED) is 0.746. The Bertz CT molecular complexity index is 1040. The van der Waals surface area contributed by atoms with Gasteiger partial charge in [0.2, 0.25) is 5.91 Å². The smallest absolute Gasteiger partial charge is 0.406 e. The Morgan fingerprint density at radius 1 is 1.17 bits per heavy atom. The number of aryl methyl sites for hydroxylation is 1. The molecule has 7 nitrogen and oxygen atoms in total. The molecule has 2 N–H and O–H groups in total. The van der Waals surface area contributed by atoms with Crippen LogP contribution in [0.4, 0.5) is 23.7 Å². The van der Waals surface area contributed by atoms with Crippen molar-refractivity contribution in [2.24, 2.45) is 0 Å². The number of carbonyl (C=O) groups is 3. The Hall–Kier alpha value is -3.56. The number of nitrogens with zero attached hydrogens (tertiary/aromatic N) is 1. The van der Waals surface area contributed by atoms with Crippen LogP contribution in [-0.4, -0.2) is 35.7 Å². The maximum absolute atomic E-state index is 13.0. The second kappa shape index (κ2) is 7.05. The molecule has 4 rings (SSSR count). The van der Waals surface area contributed by atoms with Gasteiger partial charge in [0, 0.05) is 11.8 Å². The Morgan fingerprint density at radius 2 is 1.93 bits per heavy atom. The van der Waals surface area contributed by atoms with E-state index in [0.717, 1.165) is 22.6 Å². The molecule has 0 saturated carbocycles. The highest BCUT2D eigenvalue weighted by molar-refractivity contribution is 6.10. The maximum Gasteiger partial charge on any atom is 0.573 e. The monoisotopic (exact) mass is 419 g/mol. The lowest BCUT2D eigenvalue weighted by Gasteiger charge is -2.22. The summed E-state index contributed by atoms with van der Waals surface area (Å²) in [5.41, 5.74) is 0.519. The van der Waals surface area contributed by atoms with Gasteiger partial charge in [-0.25, -0.2) is 4.79 Å². The number of urea groups is 1. The minimum atomic E-state index is -4.87. The van der Waals surface area contributed by atoms with Crippen LogP contribution in [0.1, 0.15) is 17.5 Å². The molecule has 30 heavy (non-hydrogen) atoms. The number of fused-ring (bicyclic) bond motifs is 2. The van der Waals surface area contributed by atoms with Gasteiger partial charge < -0.3 is 15.4 Å². The highest BCUT2D eigenvalue weighted by atomic mass is 19.4. The zero-order valence-electron chi connectivity index (χ0n) is 15.5. The van der Waals surface area contributed by atoms with Gasteiger partial charge in [0.25, 0.3) is 5.91 Å². The number of benzene rings is 2. The number of nitrogens with one attached hydrogen (secondary N) is 2. The van der Waals surface area contributed by atoms with Crippen molar-refractivity contribution in [3.63, 3.8) is 0 Å². The van der Waals surface area contributed by atoms with Gasteiger partial charge in [-0.15, -0.1) is 13.2 Å². The number of imide groups is 1. The fraction of sp³-hybridized carbons (Fsp3) is 0.250. The second-order valence-electron chi connectivity index (χ2n) is 7.01. The predicted octanol–water partition coefficient (Wildman–Crippen LogP) is 2.92. The number of carbonyl (C=O) groups excluding carboxylic acids is 3. The average molecular weight is 419 g/mol. The molecule has 2 aliphatic rings. The SMILES string of the molecule is O=C(CN1C(=O)N[C@]2(CCc3ccccc32)C1=O)Nc1cccc(OC(F)(F)F)c1. The average Bonchev–Trinajstić information content (AvgIpc) is 3.14. The molecular formula is C20H16F3N3O4. The number of amides is 4. The molecule has 2 aromatic carbocycles. The van der Waals surface area contributed by atoms with Gasteiger partial charge in [-0.05, 0) is 36.1 Å². The summed E-state index contributed by atoms with van der Waals surface area (Å²) < 4.78 is 40.8. The van der Waals surface area contributed by atoms with Crippen LogP contribution in [0.3, 0.4) is 0 Å². The molecule has 0 aromatic heterocycles. The largest absolute Gasteiger partial charge is 0.573 e. The van der Waals surface area contributed by atoms with E-state index in [2.05, 4.69) is 15.4 Å². The van der Waals surface area contributed by atoms with Crippen molar-refractivity contribution >= 4 is 23.5 Å². The summed E-state index contributed by atoms with van der Waals surface area (Å²) in [6.45, 7) is -0.570. The number of hydrogen-bond acceptors (Lipinski definition) is 4. The third-order valence-corrected chi connectivity index (χ3v) is 5.08. The summed E-state index contributed by atoms with van der Waals surface area (Å²) in [7, 11) is 0. The zero-order chi connectivity index (χ0) is 21.5. The predicted molar refractivity (Wildman–Crippen MR) is 98.4 cm³/mol. The van der Waals surface area contributed by atoms with Gasteiger partial charge in [0.15, 0.2) is 0 Å². The number of rotatable bonds is 4. The van der Waals surface area contributed by atoms with E-state index >= 15 is 0 Å². The van der Waals surface area contributed by atoms with E-state index in [9.17, 15) is 27.6 Å². The minimum absolute atomic E-state index is 0.0368. The van der Waals surface area contributed by atoms with Crippen molar-refractivity contribution in [1.82, 2.24) is 10.2 Å². The van der Waals surface area contributed by atoms with E-state index in [-0.39, 0.29) is 5.69 Å². The van der Waals surface area contributed by atoms with Crippen molar-refractivity contribution in [2.45, 2.75) is 24.7 Å². The van der Waals surface area contributed by atoms with Crippen LogP contribution in [0, 0.1) is 0 Å². The van der Waals surface area contributed by atoms with Gasteiger partial charge in [0.05, 0.1) is 0 Å². The molecule has 0 bridgehead atoms. The molecule has 156 valence electrons. The van der Waals surface area contributed by atoms with Gasteiger partial charge in [-0.1, -0.05) is 30.3 Å². The van der Waals surface area contributed by atoms with E-state index in [1.54, 1.807) is 12.1 Å². The fourth-order valence-corrected chi connectivity index (χ4v) is 3.85. The molecule has 1 fully saturated rings. The molecule has 2 aromatic rings. The summed E-state index contributed by atoms with van der Waals surface area (Å²) in [5, 5.41) is 5.08. The van der Waals surface area contributed by atoms with Gasteiger partial charge in [0.1, 0.15) is 17.8 Å². The van der Waals surface area contributed by atoms with Gasteiger partial charge in [-0.2, -0.15) is 0 Å². The number of halogens is 3. The van der Waals surface area contributed by atoms with Crippen molar-refractivity contribution < 1.29 is 32.3 Å². The summed E-state index contributed by atoms with van der Waals surface area (Å²) >= 11 is 0. The number of alkyl halides is 3. The molecule has 1 heterocycles. The molecule has 4 amide bonds. The Morgan fingerprint density at radius 3 is 2.70 bits per heavy atom. The number of hydrogen-bond donors (Lipinski definition) is 2. The number of ether oxygens (including phenoxy) is 1. The lowest BCUT2D eigenvalue weighted by atomic mass is 9.92. The van der Waals surface area contributed by atoms with Crippen LogP contribution in [0.15, 0.2) is 48.5 Å². The topological polar surface area (TPSA) is 87.7 Å². The van der Waals surface area contributed by atoms with E-state index in [4.69, 9.17) is 0 Å². The molecule has 1 saturated heterocycles. The zero-order valence-corrected chi connectivity index (χ0v) is 15.5. The maximum atomic E-state index is 13.0. The fourth-order valence-electron chi connectivity index (χ4n) is 3.85. The first-order valence-electron chi connectivity index (χ1n) is 9.06. The number of anilines is 1. The van der Waals surface area contributed by atoms with Crippen LogP contribution >= 0.6 is 0 Å². The highest BCUT2D eigenvalue weighted by Crippen LogP contribution is 2.41. The molecular weight excluding hydrogens is 403 g/mol. The molecule has 0 radical (unpaired) electrons. The van der Waals surface area contributed by atoms with Gasteiger partial charge in [-0.3, -0.25) is 14.5 Å². The van der Waals surface area contributed by atoms with E-state index in [1.165, 1.54) is 12.1 Å². The first-order chi connectivity index (χ1) is 14.2. The van der Waals surface area contributed by atoms with Crippen molar-refractivity contribution in [3.05, 3.63) is 59.7 Å². The molecule has 0 unspecified atom stereocenters. The molecule has 1 spiro atoms. The molecule has 10 heteroatoms. The van der Waals surface area contributed by atoms with Crippen molar-refractivity contribution in [3.8, 4) is 5.75 Å².